The Morgan fingerprint density at radius 2 is 2.42 bits per heavy atom. The zero-order valence-corrected chi connectivity index (χ0v) is 11.0. The summed E-state index contributed by atoms with van der Waals surface area (Å²) in [5, 5.41) is 9.05. The first kappa shape index (κ1) is 13.6. The van der Waals surface area contributed by atoms with Crippen molar-refractivity contribution in [1.82, 2.24) is 4.90 Å². The molecule has 2 unspecified atom stereocenters. The normalized spacial score (nSPS) is 21.4. The van der Waals surface area contributed by atoms with Gasteiger partial charge in [0.25, 0.3) is 0 Å². The molecule has 1 aromatic heterocycles. The molecule has 2 heterocycles. The van der Waals surface area contributed by atoms with Crippen LogP contribution in [0, 0.1) is 5.92 Å². The lowest BCUT2D eigenvalue weighted by molar-refractivity contribution is -0.148. The SMILES string of the molecule is CC(CCc1ccco1)N1CC(C(=O)O)CCC1=O. The van der Waals surface area contributed by atoms with Gasteiger partial charge in [-0.1, -0.05) is 0 Å². The number of carboxylic acids is 1. The van der Waals surface area contributed by atoms with Gasteiger partial charge in [-0.2, -0.15) is 0 Å². The van der Waals surface area contributed by atoms with Crippen molar-refractivity contribution < 1.29 is 19.1 Å². The molecule has 5 heteroatoms. The number of piperidine rings is 1. The second kappa shape index (κ2) is 5.91. The van der Waals surface area contributed by atoms with Gasteiger partial charge in [-0.25, -0.2) is 0 Å². The van der Waals surface area contributed by atoms with E-state index in [0.717, 1.165) is 18.6 Å². The van der Waals surface area contributed by atoms with Crippen LogP contribution in [-0.4, -0.2) is 34.5 Å². The molecule has 0 bridgehead atoms. The Hall–Kier alpha value is -1.78. The van der Waals surface area contributed by atoms with Crippen LogP contribution in [0.15, 0.2) is 22.8 Å². The molecule has 0 saturated carbocycles. The smallest absolute Gasteiger partial charge is 0.308 e. The first-order chi connectivity index (χ1) is 9.08. The molecule has 5 nitrogen and oxygen atoms in total. The topological polar surface area (TPSA) is 70.8 Å². The highest BCUT2D eigenvalue weighted by molar-refractivity contribution is 5.80. The highest BCUT2D eigenvalue weighted by Gasteiger charge is 2.32. The predicted molar refractivity (Wildman–Crippen MR) is 68.6 cm³/mol. The van der Waals surface area contributed by atoms with E-state index in [0.29, 0.717) is 19.4 Å². The second-order valence-electron chi connectivity index (χ2n) is 5.09. The number of carbonyl (C=O) groups excluding carboxylic acids is 1. The molecule has 0 radical (unpaired) electrons. The van der Waals surface area contributed by atoms with Crippen molar-refractivity contribution in [2.75, 3.05) is 6.54 Å². The summed E-state index contributed by atoms with van der Waals surface area (Å²) in [6.45, 7) is 2.29. The Balaban J connectivity index is 1.90. The molecule has 104 valence electrons. The van der Waals surface area contributed by atoms with Crippen molar-refractivity contribution in [3.05, 3.63) is 24.2 Å². The summed E-state index contributed by atoms with van der Waals surface area (Å²) in [7, 11) is 0. The monoisotopic (exact) mass is 265 g/mol. The summed E-state index contributed by atoms with van der Waals surface area (Å²) in [5.41, 5.74) is 0. The van der Waals surface area contributed by atoms with E-state index in [1.165, 1.54) is 0 Å². The predicted octanol–water partition coefficient (Wildman–Crippen LogP) is 1.92. The lowest BCUT2D eigenvalue weighted by Crippen LogP contribution is -2.47. The van der Waals surface area contributed by atoms with Crippen LogP contribution >= 0.6 is 0 Å². The molecule has 0 spiro atoms. The van der Waals surface area contributed by atoms with Crippen LogP contribution in [-0.2, 0) is 16.0 Å². The fourth-order valence-corrected chi connectivity index (χ4v) is 2.46. The van der Waals surface area contributed by atoms with Gasteiger partial charge in [-0.15, -0.1) is 0 Å². The lowest BCUT2D eigenvalue weighted by Gasteiger charge is -2.35. The average molecular weight is 265 g/mol. The Kier molecular flexibility index (Phi) is 4.24. The standard InChI is InChI=1S/C14H19NO4/c1-10(4-6-12-3-2-8-19-12)15-9-11(14(17)18)5-7-13(15)16/h2-3,8,10-11H,4-7,9H2,1H3,(H,17,18). The number of aryl methyl sites for hydroxylation is 1. The molecular formula is C14H19NO4. The molecule has 1 fully saturated rings. The molecule has 1 aliphatic heterocycles. The van der Waals surface area contributed by atoms with Crippen molar-refractivity contribution in [3.63, 3.8) is 0 Å². The molecule has 2 atom stereocenters. The number of furan rings is 1. The molecule has 1 amide bonds. The highest BCUT2D eigenvalue weighted by Crippen LogP contribution is 2.21. The number of nitrogens with zero attached hydrogens (tertiary/aromatic N) is 1. The van der Waals surface area contributed by atoms with E-state index < -0.39 is 11.9 Å². The Bertz CT molecular complexity index is 440. The minimum atomic E-state index is -0.810. The van der Waals surface area contributed by atoms with E-state index in [4.69, 9.17) is 9.52 Å². The van der Waals surface area contributed by atoms with Gasteiger partial charge in [0.2, 0.25) is 5.91 Å². The van der Waals surface area contributed by atoms with E-state index in [-0.39, 0.29) is 11.9 Å². The van der Waals surface area contributed by atoms with Gasteiger partial charge in [-0.05, 0) is 31.9 Å². The highest BCUT2D eigenvalue weighted by atomic mass is 16.4. The van der Waals surface area contributed by atoms with E-state index in [1.807, 2.05) is 19.1 Å². The van der Waals surface area contributed by atoms with E-state index in [9.17, 15) is 9.59 Å². The molecular weight excluding hydrogens is 246 g/mol. The van der Waals surface area contributed by atoms with Gasteiger partial charge in [0.1, 0.15) is 5.76 Å². The first-order valence-corrected chi connectivity index (χ1v) is 6.62. The number of likely N-dealkylation sites (tertiary alicyclic amines) is 1. The minimum absolute atomic E-state index is 0.0414. The van der Waals surface area contributed by atoms with Crippen molar-refractivity contribution in [3.8, 4) is 0 Å². The summed E-state index contributed by atoms with van der Waals surface area (Å²) in [4.78, 5) is 24.6. The molecule has 19 heavy (non-hydrogen) atoms. The van der Waals surface area contributed by atoms with Gasteiger partial charge in [0.15, 0.2) is 0 Å². The average Bonchev–Trinajstić information content (AvgIpc) is 2.89. The van der Waals surface area contributed by atoms with E-state index in [1.54, 1.807) is 11.2 Å². The van der Waals surface area contributed by atoms with Gasteiger partial charge < -0.3 is 14.4 Å². The fraction of sp³-hybridized carbons (Fsp3) is 0.571. The third-order valence-electron chi connectivity index (χ3n) is 3.71. The largest absolute Gasteiger partial charge is 0.481 e. The number of hydrogen-bond acceptors (Lipinski definition) is 3. The van der Waals surface area contributed by atoms with Crippen LogP contribution in [0.4, 0.5) is 0 Å². The number of carbonyl (C=O) groups is 2. The second-order valence-corrected chi connectivity index (χ2v) is 5.09. The van der Waals surface area contributed by atoms with Gasteiger partial charge in [0.05, 0.1) is 12.2 Å². The minimum Gasteiger partial charge on any atom is -0.481 e. The summed E-state index contributed by atoms with van der Waals surface area (Å²) >= 11 is 0. The summed E-state index contributed by atoms with van der Waals surface area (Å²) in [6, 6.07) is 3.79. The Labute approximate surface area is 112 Å². The lowest BCUT2D eigenvalue weighted by atomic mass is 9.95. The number of carboxylic acid groups (broad SMARTS) is 1. The van der Waals surface area contributed by atoms with Crippen LogP contribution in [0.25, 0.3) is 0 Å². The molecule has 0 aliphatic carbocycles. The number of hydrogen-bond donors (Lipinski definition) is 1. The molecule has 1 aromatic rings. The van der Waals surface area contributed by atoms with E-state index >= 15 is 0 Å². The van der Waals surface area contributed by atoms with Crippen LogP contribution in [0.5, 0.6) is 0 Å². The number of amides is 1. The number of rotatable bonds is 5. The molecule has 1 saturated heterocycles. The maximum absolute atomic E-state index is 11.9. The van der Waals surface area contributed by atoms with E-state index in [2.05, 4.69) is 0 Å². The zero-order valence-electron chi connectivity index (χ0n) is 11.0. The van der Waals surface area contributed by atoms with Gasteiger partial charge in [0, 0.05) is 25.4 Å². The molecule has 1 aliphatic rings. The fourth-order valence-electron chi connectivity index (χ4n) is 2.46. The van der Waals surface area contributed by atoms with Crippen LogP contribution < -0.4 is 0 Å². The van der Waals surface area contributed by atoms with Crippen LogP contribution in [0.3, 0.4) is 0 Å². The summed E-state index contributed by atoms with van der Waals surface area (Å²) in [5.74, 6) is -0.282. The van der Waals surface area contributed by atoms with Crippen molar-refractivity contribution >= 4 is 11.9 Å². The molecule has 2 rings (SSSR count). The molecule has 0 aromatic carbocycles. The van der Waals surface area contributed by atoms with Crippen molar-refractivity contribution in [1.29, 1.82) is 0 Å². The Morgan fingerprint density at radius 1 is 1.63 bits per heavy atom. The third kappa shape index (κ3) is 3.36. The summed E-state index contributed by atoms with van der Waals surface area (Å²) < 4.78 is 5.26. The summed E-state index contributed by atoms with van der Waals surface area (Å²) in [6.07, 6.45) is 3.96. The maximum Gasteiger partial charge on any atom is 0.308 e. The maximum atomic E-state index is 11.9. The van der Waals surface area contributed by atoms with Crippen LogP contribution in [0.1, 0.15) is 31.9 Å². The first-order valence-electron chi connectivity index (χ1n) is 6.62. The zero-order chi connectivity index (χ0) is 13.8. The quantitative estimate of drug-likeness (QED) is 0.883. The van der Waals surface area contributed by atoms with Gasteiger partial charge in [-0.3, -0.25) is 9.59 Å². The Morgan fingerprint density at radius 3 is 3.05 bits per heavy atom. The number of aliphatic carboxylic acids is 1. The molecule has 1 N–H and O–H groups in total. The van der Waals surface area contributed by atoms with Gasteiger partial charge >= 0.3 is 5.97 Å². The van der Waals surface area contributed by atoms with Crippen LogP contribution in [0.2, 0.25) is 0 Å². The van der Waals surface area contributed by atoms with Crippen molar-refractivity contribution in [2.24, 2.45) is 5.92 Å². The third-order valence-corrected chi connectivity index (χ3v) is 3.71. The van der Waals surface area contributed by atoms with Crippen molar-refractivity contribution in [2.45, 2.75) is 38.6 Å².